The predicted molar refractivity (Wildman–Crippen MR) is 108 cm³/mol. The number of nitrogens with two attached hydrogens (primary N) is 1. The van der Waals surface area contributed by atoms with Gasteiger partial charge in [-0.05, 0) is 55.5 Å². The van der Waals surface area contributed by atoms with Crippen molar-refractivity contribution in [3.8, 4) is 22.8 Å². The molecule has 0 aliphatic carbocycles. The molecule has 0 saturated carbocycles. The summed E-state index contributed by atoms with van der Waals surface area (Å²) in [5, 5.41) is 7.05. The maximum Gasteiger partial charge on any atom is 0.267 e. The number of nitrogens with zero attached hydrogens (tertiary/aromatic N) is 2. The van der Waals surface area contributed by atoms with Gasteiger partial charge in [0.1, 0.15) is 6.04 Å². The molecule has 1 aromatic heterocycles. The van der Waals surface area contributed by atoms with E-state index in [4.69, 9.17) is 15.2 Å². The Morgan fingerprint density at radius 3 is 2.53 bits per heavy atom. The molecule has 1 unspecified atom stereocenters. The lowest BCUT2D eigenvalue weighted by molar-refractivity contribution is -0.119. The summed E-state index contributed by atoms with van der Waals surface area (Å²) in [5.41, 5.74) is 6.84. The van der Waals surface area contributed by atoms with Gasteiger partial charge in [-0.25, -0.2) is 4.68 Å². The predicted octanol–water partition coefficient (Wildman–Crippen LogP) is 1.94. The maximum atomic E-state index is 12.6. The number of aromatic nitrogens is 2. The summed E-state index contributed by atoms with van der Waals surface area (Å²) >= 11 is 0. The van der Waals surface area contributed by atoms with Crippen LogP contribution in [0.3, 0.4) is 0 Å². The first-order chi connectivity index (χ1) is 14.4. The van der Waals surface area contributed by atoms with Gasteiger partial charge in [-0.15, -0.1) is 0 Å². The largest absolute Gasteiger partial charge is 0.454 e. The summed E-state index contributed by atoms with van der Waals surface area (Å²) in [4.78, 5) is 36.1. The fraction of sp³-hybridized carbons (Fsp3) is 0.143. The molecule has 3 N–H and O–H groups in total. The number of ether oxygens (including phenoxy) is 2. The van der Waals surface area contributed by atoms with Crippen molar-refractivity contribution in [3.63, 3.8) is 0 Å². The van der Waals surface area contributed by atoms with Gasteiger partial charge >= 0.3 is 0 Å². The molecule has 1 atom stereocenters. The standard InChI is InChI=1S/C21H18N4O5/c1-12(21(28)23-15-5-2-13(3-6-15)20(22)27)25-19(26)9-7-16(24-25)14-4-8-17-18(10-14)30-11-29-17/h2-10,12H,11H2,1H3,(H2,22,27)(H,23,28). The minimum absolute atomic E-state index is 0.156. The molecule has 0 bridgehead atoms. The molecule has 2 heterocycles. The zero-order valence-electron chi connectivity index (χ0n) is 16.0. The number of rotatable bonds is 5. The van der Waals surface area contributed by atoms with Crippen molar-refractivity contribution in [2.24, 2.45) is 5.73 Å². The Balaban J connectivity index is 1.56. The molecule has 0 fully saturated rings. The number of primary amides is 1. The summed E-state index contributed by atoms with van der Waals surface area (Å²) in [6.45, 7) is 1.73. The lowest BCUT2D eigenvalue weighted by Gasteiger charge is -2.15. The van der Waals surface area contributed by atoms with E-state index in [2.05, 4.69) is 10.4 Å². The Labute approximate surface area is 171 Å². The van der Waals surface area contributed by atoms with Crippen LogP contribution in [0.5, 0.6) is 11.5 Å². The van der Waals surface area contributed by atoms with E-state index in [0.29, 0.717) is 28.4 Å². The van der Waals surface area contributed by atoms with Gasteiger partial charge in [-0.1, -0.05) is 0 Å². The highest BCUT2D eigenvalue weighted by atomic mass is 16.7. The Bertz CT molecular complexity index is 1190. The molecule has 152 valence electrons. The van der Waals surface area contributed by atoms with Gasteiger partial charge < -0.3 is 20.5 Å². The fourth-order valence-electron chi connectivity index (χ4n) is 2.99. The lowest BCUT2D eigenvalue weighted by Crippen LogP contribution is -2.33. The Kier molecular flexibility index (Phi) is 4.93. The summed E-state index contributed by atoms with van der Waals surface area (Å²) in [6, 6.07) is 13.5. The number of carbonyl (C=O) groups excluding carboxylic acids is 2. The SMILES string of the molecule is CC(C(=O)Nc1ccc(C(N)=O)cc1)n1nc(-c2ccc3c(c2)OCO3)ccc1=O. The average molecular weight is 406 g/mol. The van der Waals surface area contributed by atoms with E-state index in [0.717, 1.165) is 10.2 Å². The van der Waals surface area contributed by atoms with E-state index in [1.165, 1.54) is 18.2 Å². The molecule has 2 aromatic carbocycles. The molecule has 1 aliphatic heterocycles. The minimum Gasteiger partial charge on any atom is -0.454 e. The number of nitrogens with one attached hydrogen (secondary N) is 1. The molecule has 0 radical (unpaired) electrons. The summed E-state index contributed by atoms with van der Waals surface area (Å²) in [6.07, 6.45) is 0. The molecular formula is C21H18N4O5. The van der Waals surface area contributed by atoms with E-state index < -0.39 is 23.4 Å². The van der Waals surface area contributed by atoms with Crippen molar-refractivity contribution in [2.75, 3.05) is 12.1 Å². The Morgan fingerprint density at radius 1 is 1.07 bits per heavy atom. The molecular weight excluding hydrogens is 388 g/mol. The number of amides is 2. The van der Waals surface area contributed by atoms with Crippen LogP contribution >= 0.6 is 0 Å². The van der Waals surface area contributed by atoms with Gasteiger partial charge in [0.25, 0.3) is 5.56 Å². The first-order valence-electron chi connectivity index (χ1n) is 9.13. The molecule has 4 rings (SSSR count). The van der Waals surface area contributed by atoms with Crippen LogP contribution in [0.4, 0.5) is 5.69 Å². The van der Waals surface area contributed by atoms with Gasteiger partial charge in [0.2, 0.25) is 18.6 Å². The maximum absolute atomic E-state index is 12.6. The normalized spacial score (nSPS) is 13.0. The monoisotopic (exact) mass is 406 g/mol. The highest BCUT2D eigenvalue weighted by Crippen LogP contribution is 2.35. The number of hydrogen-bond donors (Lipinski definition) is 2. The fourth-order valence-corrected chi connectivity index (χ4v) is 2.99. The second-order valence-corrected chi connectivity index (χ2v) is 6.68. The molecule has 9 nitrogen and oxygen atoms in total. The highest BCUT2D eigenvalue weighted by Gasteiger charge is 2.20. The Morgan fingerprint density at radius 2 is 1.80 bits per heavy atom. The number of carbonyl (C=O) groups is 2. The first kappa shape index (κ1) is 19.2. The Hall–Kier alpha value is -4.14. The molecule has 1 aliphatic rings. The lowest BCUT2D eigenvalue weighted by atomic mass is 10.1. The van der Waals surface area contributed by atoms with Crippen LogP contribution in [-0.4, -0.2) is 28.4 Å². The van der Waals surface area contributed by atoms with Gasteiger partial charge in [0.05, 0.1) is 5.69 Å². The van der Waals surface area contributed by atoms with E-state index in [9.17, 15) is 14.4 Å². The number of fused-ring (bicyclic) bond motifs is 1. The third kappa shape index (κ3) is 3.72. The summed E-state index contributed by atoms with van der Waals surface area (Å²) in [5.74, 6) is 0.246. The van der Waals surface area contributed by atoms with E-state index in [1.54, 1.807) is 43.3 Å². The van der Waals surface area contributed by atoms with E-state index in [-0.39, 0.29) is 6.79 Å². The molecule has 30 heavy (non-hydrogen) atoms. The molecule has 2 amide bonds. The van der Waals surface area contributed by atoms with Crippen LogP contribution in [-0.2, 0) is 4.79 Å². The van der Waals surface area contributed by atoms with Crippen molar-refractivity contribution in [1.29, 1.82) is 0 Å². The van der Waals surface area contributed by atoms with Crippen LogP contribution in [0.15, 0.2) is 59.4 Å². The van der Waals surface area contributed by atoms with Crippen LogP contribution in [0.25, 0.3) is 11.3 Å². The number of benzene rings is 2. The second kappa shape index (κ2) is 7.70. The van der Waals surface area contributed by atoms with Gasteiger partial charge in [-0.3, -0.25) is 14.4 Å². The van der Waals surface area contributed by atoms with Crippen molar-refractivity contribution in [3.05, 3.63) is 70.5 Å². The molecule has 0 spiro atoms. The highest BCUT2D eigenvalue weighted by molar-refractivity contribution is 5.95. The third-order valence-electron chi connectivity index (χ3n) is 4.68. The number of anilines is 1. The quantitative estimate of drug-likeness (QED) is 0.667. The zero-order chi connectivity index (χ0) is 21.3. The van der Waals surface area contributed by atoms with Crippen molar-refractivity contribution in [2.45, 2.75) is 13.0 Å². The van der Waals surface area contributed by atoms with Crippen LogP contribution < -0.4 is 26.1 Å². The molecule has 3 aromatic rings. The van der Waals surface area contributed by atoms with Gasteiger partial charge in [0.15, 0.2) is 11.5 Å². The van der Waals surface area contributed by atoms with Crippen LogP contribution in [0, 0.1) is 0 Å². The minimum atomic E-state index is -0.873. The summed E-state index contributed by atoms with van der Waals surface area (Å²) in [7, 11) is 0. The smallest absolute Gasteiger partial charge is 0.267 e. The van der Waals surface area contributed by atoms with E-state index >= 15 is 0 Å². The second-order valence-electron chi connectivity index (χ2n) is 6.68. The topological polar surface area (TPSA) is 126 Å². The van der Waals surface area contributed by atoms with Crippen LogP contribution in [0.1, 0.15) is 23.3 Å². The summed E-state index contributed by atoms with van der Waals surface area (Å²) < 4.78 is 11.8. The van der Waals surface area contributed by atoms with Crippen molar-refractivity contribution in [1.82, 2.24) is 9.78 Å². The van der Waals surface area contributed by atoms with Gasteiger partial charge in [-0.2, -0.15) is 5.10 Å². The van der Waals surface area contributed by atoms with Crippen molar-refractivity contribution >= 4 is 17.5 Å². The van der Waals surface area contributed by atoms with Gasteiger partial charge in [0, 0.05) is 22.9 Å². The first-order valence-corrected chi connectivity index (χ1v) is 9.13. The average Bonchev–Trinajstić information content (AvgIpc) is 3.22. The zero-order valence-corrected chi connectivity index (χ0v) is 16.0. The third-order valence-corrected chi connectivity index (χ3v) is 4.68. The van der Waals surface area contributed by atoms with Crippen LogP contribution in [0.2, 0.25) is 0 Å². The number of hydrogen-bond acceptors (Lipinski definition) is 6. The van der Waals surface area contributed by atoms with Crippen molar-refractivity contribution < 1.29 is 19.1 Å². The molecule has 9 heteroatoms. The van der Waals surface area contributed by atoms with E-state index in [1.807, 2.05) is 0 Å². The molecule has 0 saturated heterocycles.